The smallest absolute Gasteiger partial charge is 0.240 e. The second-order valence-electron chi connectivity index (χ2n) is 5.26. The molecule has 25 heavy (non-hydrogen) atoms. The van der Waals surface area contributed by atoms with Crippen molar-refractivity contribution in [3.8, 4) is 5.75 Å². The lowest BCUT2D eigenvalue weighted by Gasteiger charge is -2.05. The molecule has 6 nitrogen and oxygen atoms in total. The highest BCUT2D eigenvalue weighted by molar-refractivity contribution is 9.10. The minimum Gasteiger partial charge on any atom is -0.507 e. The Bertz CT molecular complexity index is 763. The summed E-state index contributed by atoms with van der Waals surface area (Å²) in [6, 6.07) is 14.4. The first kappa shape index (κ1) is 18.7. The summed E-state index contributed by atoms with van der Waals surface area (Å²) in [6.45, 7) is 0.432. The number of halogens is 1. The minimum absolute atomic E-state index is 0.0302. The van der Waals surface area contributed by atoms with Gasteiger partial charge in [0.2, 0.25) is 11.8 Å². The molecule has 3 N–H and O–H groups in total. The van der Waals surface area contributed by atoms with Crippen LogP contribution in [0.1, 0.15) is 24.0 Å². The molecule has 7 heteroatoms. The summed E-state index contributed by atoms with van der Waals surface area (Å²) in [4.78, 5) is 23.4. The predicted octanol–water partition coefficient (Wildman–Crippen LogP) is 2.70. The Morgan fingerprint density at radius 1 is 1.08 bits per heavy atom. The third-order valence-electron chi connectivity index (χ3n) is 3.29. The van der Waals surface area contributed by atoms with Crippen molar-refractivity contribution in [3.05, 3.63) is 64.1 Å². The maximum Gasteiger partial charge on any atom is 0.240 e. The van der Waals surface area contributed by atoms with Crippen LogP contribution < -0.4 is 10.7 Å². The Morgan fingerprint density at radius 2 is 1.80 bits per heavy atom. The van der Waals surface area contributed by atoms with Crippen LogP contribution in [0.25, 0.3) is 0 Å². The molecule has 0 heterocycles. The number of hydrogen-bond donors (Lipinski definition) is 3. The summed E-state index contributed by atoms with van der Waals surface area (Å²) < 4.78 is 0.785. The minimum atomic E-state index is -0.374. The Labute approximate surface area is 154 Å². The molecule has 0 aliphatic carbocycles. The molecule has 0 saturated heterocycles. The van der Waals surface area contributed by atoms with Gasteiger partial charge in [-0.3, -0.25) is 9.59 Å². The Hall–Kier alpha value is -2.67. The molecule has 0 fully saturated rings. The van der Waals surface area contributed by atoms with Gasteiger partial charge in [-0.25, -0.2) is 5.43 Å². The van der Waals surface area contributed by atoms with Gasteiger partial charge >= 0.3 is 0 Å². The molecule has 0 saturated carbocycles. The van der Waals surface area contributed by atoms with Crippen molar-refractivity contribution < 1.29 is 14.7 Å². The van der Waals surface area contributed by atoms with Gasteiger partial charge < -0.3 is 10.4 Å². The molecule has 2 aromatic rings. The summed E-state index contributed by atoms with van der Waals surface area (Å²) in [5, 5.41) is 16.2. The van der Waals surface area contributed by atoms with Gasteiger partial charge in [-0.1, -0.05) is 46.3 Å². The fourth-order valence-electron chi connectivity index (χ4n) is 1.97. The molecule has 2 rings (SSSR count). The van der Waals surface area contributed by atoms with E-state index in [1.807, 2.05) is 30.3 Å². The Balaban J connectivity index is 1.70. The van der Waals surface area contributed by atoms with E-state index >= 15 is 0 Å². The van der Waals surface area contributed by atoms with Crippen LogP contribution in [0.4, 0.5) is 0 Å². The van der Waals surface area contributed by atoms with Crippen molar-refractivity contribution in [2.45, 2.75) is 19.4 Å². The van der Waals surface area contributed by atoms with Crippen molar-refractivity contribution in [3.63, 3.8) is 0 Å². The molecule has 0 radical (unpaired) electrons. The zero-order valence-electron chi connectivity index (χ0n) is 13.4. The number of phenols is 1. The SMILES string of the molecule is O=C(CCC(=O)N/N=C/c1cc(Br)ccc1O)NCc1ccccc1. The van der Waals surface area contributed by atoms with Gasteiger partial charge in [0, 0.05) is 29.4 Å². The molecule has 0 bridgehead atoms. The lowest BCUT2D eigenvalue weighted by atomic mass is 10.2. The summed E-state index contributed by atoms with van der Waals surface area (Å²) in [6.07, 6.45) is 1.45. The molecule has 130 valence electrons. The van der Waals surface area contributed by atoms with E-state index in [1.54, 1.807) is 12.1 Å². The number of benzene rings is 2. The summed E-state index contributed by atoms with van der Waals surface area (Å²) in [5.41, 5.74) is 3.80. The van der Waals surface area contributed by atoms with Gasteiger partial charge in [0.25, 0.3) is 0 Å². The Morgan fingerprint density at radius 3 is 2.56 bits per heavy atom. The monoisotopic (exact) mass is 403 g/mol. The number of nitrogens with zero attached hydrogens (tertiary/aromatic N) is 1. The van der Waals surface area contributed by atoms with Crippen molar-refractivity contribution in [2.75, 3.05) is 0 Å². The van der Waals surface area contributed by atoms with Crippen LogP contribution in [0.2, 0.25) is 0 Å². The number of amides is 2. The van der Waals surface area contributed by atoms with E-state index in [0.29, 0.717) is 12.1 Å². The van der Waals surface area contributed by atoms with E-state index in [1.165, 1.54) is 12.3 Å². The van der Waals surface area contributed by atoms with Gasteiger partial charge in [-0.2, -0.15) is 5.10 Å². The molecule has 0 spiro atoms. The third kappa shape index (κ3) is 6.76. The van der Waals surface area contributed by atoms with Crippen LogP contribution in [0.5, 0.6) is 5.75 Å². The number of hydrazone groups is 1. The zero-order chi connectivity index (χ0) is 18.1. The van der Waals surface area contributed by atoms with Crippen LogP contribution >= 0.6 is 15.9 Å². The van der Waals surface area contributed by atoms with Crippen molar-refractivity contribution in [1.82, 2.24) is 10.7 Å². The third-order valence-corrected chi connectivity index (χ3v) is 3.79. The maximum absolute atomic E-state index is 11.7. The highest BCUT2D eigenvalue weighted by Gasteiger charge is 2.06. The van der Waals surface area contributed by atoms with Crippen molar-refractivity contribution in [1.29, 1.82) is 0 Å². The average molecular weight is 404 g/mol. The molecule has 2 aromatic carbocycles. The quantitative estimate of drug-likeness (QED) is 0.490. The van der Waals surface area contributed by atoms with E-state index in [0.717, 1.165) is 10.0 Å². The first-order chi connectivity index (χ1) is 12.0. The van der Waals surface area contributed by atoms with Crippen LogP contribution in [0, 0.1) is 0 Å². The van der Waals surface area contributed by atoms with Crippen molar-refractivity contribution >= 4 is 34.0 Å². The van der Waals surface area contributed by atoms with Gasteiger partial charge in [0.05, 0.1) is 6.21 Å². The highest BCUT2D eigenvalue weighted by atomic mass is 79.9. The summed E-state index contributed by atoms with van der Waals surface area (Å²) >= 11 is 3.28. The zero-order valence-corrected chi connectivity index (χ0v) is 15.0. The number of carbonyl (C=O) groups excluding carboxylic acids is 2. The standard InChI is InChI=1S/C18H18BrN3O3/c19-15-6-7-16(23)14(10-15)12-21-22-18(25)9-8-17(24)20-11-13-4-2-1-3-5-13/h1-7,10,12,23H,8-9,11H2,(H,20,24)(H,22,25)/b21-12+. The fourth-order valence-corrected chi connectivity index (χ4v) is 2.35. The average Bonchev–Trinajstić information content (AvgIpc) is 2.62. The lowest BCUT2D eigenvalue weighted by Crippen LogP contribution is -2.25. The van der Waals surface area contributed by atoms with Gasteiger partial charge in [-0.15, -0.1) is 0 Å². The van der Waals surface area contributed by atoms with Crippen LogP contribution in [0.3, 0.4) is 0 Å². The van der Waals surface area contributed by atoms with E-state index < -0.39 is 0 Å². The molecular formula is C18H18BrN3O3. The van der Waals surface area contributed by atoms with E-state index in [9.17, 15) is 14.7 Å². The van der Waals surface area contributed by atoms with Crippen LogP contribution in [0.15, 0.2) is 58.1 Å². The normalized spacial score (nSPS) is 10.6. The number of nitrogens with one attached hydrogen (secondary N) is 2. The Kier molecular flexibility index (Phi) is 7.16. The first-order valence-electron chi connectivity index (χ1n) is 7.65. The van der Waals surface area contributed by atoms with Gasteiger partial charge in [0.15, 0.2) is 0 Å². The topological polar surface area (TPSA) is 90.8 Å². The lowest BCUT2D eigenvalue weighted by molar-refractivity contribution is -0.126. The molecule has 0 unspecified atom stereocenters. The predicted molar refractivity (Wildman–Crippen MR) is 99.1 cm³/mol. The van der Waals surface area contributed by atoms with Crippen molar-refractivity contribution in [2.24, 2.45) is 5.10 Å². The van der Waals surface area contributed by atoms with Crippen LogP contribution in [-0.2, 0) is 16.1 Å². The summed E-state index contributed by atoms with van der Waals surface area (Å²) in [7, 11) is 0. The molecule has 0 atom stereocenters. The molecule has 0 aliphatic rings. The van der Waals surface area contributed by atoms with Gasteiger partial charge in [-0.05, 0) is 23.8 Å². The highest BCUT2D eigenvalue weighted by Crippen LogP contribution is 2.19. The maximum atomic E-state index is 11.7. The van der Waals surface area contributed by atoms with E-state index in [4.69, 9.17) is 0 Å². The molecular weight excluding hydrogens is 386 g/mol. The van der Waals surface area contributed by atoms with E-state index in [2.05, 4.69) is 31.8 Å². The van der Waals surface area contributed by atoms with Gasteiger partial charge in [0.1, 0.15) is 5.75 Å². The molecule has 0 aromatic heterocycles. The largest absolute Gasteiger partial charge is 0.507 e. The number of phenolic OH excluding ortho intramolecular Hbond substituents is 1. The number of hydrogen-bond acceptors (Lipinski definition) is 4. The second-order valence-corrected chi connectivity index (χ2v) is 6.17. The van der Waals surface area contributed by atoms with Crippen LogP contribution in [-0.4, -0.2) is 23.1 Å². The molecule has 0 aliphatic heterocycles. The number of rotatable bonds is 7. The number of carbonyl (C=O) groups is 2. The molecule has 2 amide bonds. The second kappa shape index (κ2) is 9.58. The fraction of sp³-hybridized carbons (Fsp3) is 0.167. The summed E-state index contributed by atoms with van der Waals surface area (Å²) in [5.74, 6) is -0.519. The van der Waals surface area contributed by atoms with E-state index in [-0.39, 0.29) is 30.4 Å². The number of aromatic hydroxyl groups is 1. The first-order valence-corrected chi connectivity index (χ1v) is 8.45.